The van der Waals surface area contributed by atoms with Gasteiger partial charge in [0, 0.05) is 39.8 Å². The Bertz CT molecular complexity index is 990. The summed E-state index contributed by atoms with van der Waals surface area (Å²) in [5, 5.41) is 7.11. The minimum Gasteiger partial charge on any atom is -0.322 e. The molecule has 134 valence electrons. The molecule has 2 aromatic carbocycles. The monoisotopic (exact) mass is 378 g/mol. The van der Waals surface area contributed by atoms with Gasteiger partial charge in [0.1, 0.15) is 0 Å². The van der Waals surface area contributed by atoms with Crippen molar-refractivity contribution in [2.24, 2.45) is 5.10 Å². The van der Waals surface area contributed by atoms with Gasteiger partial charge >= 0.3 is 0 Å². The van der Waals surface area contributed by atoms with E-state index < -0.39 is 5.91 Å². The largest absolute Gasteiger partial charge is 0.322 e. The first-order valence-corrected chi connectivity index (χ1v) is 8.40. The molecule has 0 aliphatic heterocycles. The molecule has 1 heterocycles. The van der Waals surface area contributed by atoms with Crippen molar-refractivity contribution in [3.63, 3.8) is 0 Å². The van der Waals surface area contributed by atoms with Crippen LogP contribution in [0.2, 0.25) is 5.02 Å². The number of aromatic nitrogens is 1. The Balaban J connectivity index is 1.65. The highest BCUT2D eigenvalue weighted by Crippen LogP contribution is 2.15. The molecule has 3 aromatic rings. The van der Waals surface area contributed by atoms with Crippen molar-refractivity contribution >= 4 is 35.3 Å². The minimum absolute atomic E-state index is 0.315. The molecule has 0 saturated heterocycles. The van der Waals surface area contributed by atoms with E-state index in [1.807, 2.05) is 6.07 Å². The van der Waals surface area contributed by atoms with Crippen molar-refractivity contribution in [2.75, 3.05) is 5.32 Å². The number of rotatable bonds is 5. The zero-order valence-corrected chi connectivity index (χ0v) is 14.9. The standard InChI is InChI=1S/C20H15ClN4O2/c21-17-7-1-5-15(10-17)19(26)24-18-8-2-6-16(11-18)20(27)25-23-13-14-4-3-9-22-12-14/h1-13H,(H,24,26)(H,25,27). The van der Waals surface area contributed by atoms with E-state index in [0.29, 0.717) is 21.8 Å². The van der Waals surface area contributed by atoms with Crippen LogP contribution in [0.3, 0.4) is 0 Å². The minimum atomic E-state index is -0.394. The number of anilines is 1. The highest BCUT2D eigenvalue weighted by molar-refractivity contribution is 6.31. The maximum Gasteiger partial charge on any atom is 0.271 e. The lowest BCUT2D eigenvalue weighted by Gasteiger charge is -2.07. The van der Waals surface area contributed by atoms with E-state index in [-0.39, 0.29) is 5.91 Å². The lowest BCUT2D eigenvalue weighted by atomic mass is 10.1. The summed E-state index contributed by atoms with van der Waals surface area (Å²) >= 11 is 5.90. The number of nitrogens with one attached hydrogen (secondary N) is 2. The van der Waals surface area contributed by atoms with Crippen molar-refractivity contribution in [1.29, 1.82) is 0 Å². The maximum absolute atomic E-state index is 12.3. The molecule has 0 saturated carbocycles. The molecule has 7 heteroatoms. The molecule has 2 amide bonds. The van der Waals surface area contributed by atoms with Crippen LogP contribution in [0.1, 0.15) is 26.3 Å². The zero-order chi connectivity index (χ0) is 19.1. The summed E-state index contributed by atoms with van der Waals surface area (Å²) in [7, 11) is 0. The van der Waals surface area contributed by atoms with E-state index in [0.717, 1.165) is 5.56 Å². The fourth-order valence-corrected chi connectivity index (χ4v) is 2.44. The smallest absolute Gasteiger partial charge is 0.271 e. The molecule has 0 radical (unpaired) electrons. The first-order chi connectivity index (χ1) is 13.1. The summed E-state index contributed by atoms with van der Waals surface area (Å²) in [6.07, 6.45) is 4.77. The van der Waals surface area contributed by atoms with E-state index in [2.05, 4.69) is 20.8 Å². The maximum atomic E-state index is 12.3. The number of benzene rings is 2. The van der Waals surface area contributed by atoms with Crippen LogP contribution in [-0.4, -0.2) is 23.0 Å². The summed E-state index contributed by atoms with van der Waals surface area (Å²) in [6, 6.07) is 16.8. The van der Waals surface area contributed by atoms with Gasteiger partial charge in [0.05, 0.1) is 6.21 Å². The van der Waals surface area contributed by atoms with E-state index in [9.17, 15) is 9.59 Å². The molecule has 0 unspecified atom stereocenters. The first kappa shape index (κ1) is 18.3. The van der Waals surface area contributed by atoms with E-state index in [1.54, 1.807) is 67.0 Å². The van der Waals surface area contributed by atoms with Gasteiger partial charge in [-0.3, -0.25) is 14.6 Å². The summed E-state index contributed by atoms with van der Waals surface area (Å²) in [6.45, 7) is 0. The number of hydrogen-bond acceptors (Lipinski definition) is 4. The number of hydrazone groups is 1. The zero-order valence-electron chi connectivity index (χ0n) is 14.1. The Hall–Kier alpha value is -3.51. The number of halogens is 1. The van der Waals surface area contributed by atoms with Gasteiger partial charge in [-0.1, -0.05) is 29.8 Å². The molecule has 0 bridgehead atoms. The number of hydrogen-bond donors (Lipinski definition) is 2. The van der Waals surface area contributed by atoms with Crippen LogP contribution in [0.5, 0.6) is 0 Å². The van der Waals surface area contributed by atoms with Crippen LogP contribution in [0.15, 0.2) is 78.2 Å². The molecular formula is C20H15ClN4O2. The predicted molar refractivity (Wildman–Crippen MR) is 105 cm³/mol. The molecule has 0 spiro atoms. The van der Waals surface area contributed by atoms with E-state index in [1.165, 1.54) is 6.21 Å². The first-order valence-electron chi connectivity index (χ1n) is 8.02. The van der Waals surface area contributed by atoms with Crippen molar-refractivity contribution in [2.45, 2.75) is 0 Å². The number of nitrogens with zero attached hydrogens (tertiary/aromatic N) is 2. The van der Waals surface area contributed by atoms with Crippen molar-refractivity contribution in [3.8, 4) is 0 Å². The second kappa shape index (κ2) is 8.73. The van der Waals surface area contributed by atoms with E-state index >= 15 is 0 Å². The predicted octanol–water partition coefficient (Wildman–Crippen LogP) is 3.75. The van der Waals surface area contributed by atoms with E-state index in [4.69, 9.17) is 11.6 Å². The number of carbonyl (C=O) groups is 2. The Labute approximate surface area is 160 Å². The second-order valence-corrected chi connectivity index (χ2v) is 5.97. The summed E-state index contributed by atoms with van der Waals surface area (Å²) in [5.41, 5.74) is 4.49. The Kier molecular flexibility index (Phi) is 5.91. The van der Waals surface area contributed by atoms with Crippen LogP contribution < -0.4 is 10.7 Å². The molecule has 1 aromatic heterocycles. The lowest BCUT2D eigenvalue weighted by Crippen LogP contribution is -2.18. The average Bonchev–Trinajstić information content (AvgIpc) is 2.69. The van der Waals surface area contributed by atoms with Gasteiger partial charge in [0.15, 0.2) is 0 Å². The average molecular weight is 379 g/mol. The highest BCUT2D eigenvalue weighted by atomic mass is 35.5. The van der Waals surface area contributed by atoms with Crippen molar-refractivity contribution in [1.82, 2.24) is 10.4 Å². The van der Waals surface area contributed by atoms with Gasteiger partial charge in [0.25, 0.3) is 11.8 Å². The fourth-order valence-electron chi connectivity index (χ4n) is 2.25. The topological polar surface area (TPSA) is 83.4 Å². The number of pyridine rings is 1. The fraction of sp³-hybridized carbons (Fsp3) is 0. The van der Waals surface area contributed by atoms with Gasteiger partial charge in [-0.15, -0.1) is 0 Å². The molecule has 6 nitrogen and oxygen atoms in total. The van der Waals surface area contributed by atoms with Gasteiger partial charge in [-0.05, 0) is 42.5 Å². The van der Waals surface area contributed by atoms with Crippen LogP contribution in [0.25, 0.3) is 0 Å². The quantitative estimate of drug-likeness (QED) is 0.524. The third kappa shape index (κ3) is 5.23. The summed E-state index contributed by atoms with van der Waals surface area (Å²) in [5.74, 6) is -0.710. The van der Waals surface area contributed by atoms with Crippen LogP contribution in [0.4, 0.5) is 5.69 Å². The SMILES string of the molecule is O=C(NN=Cc1cccnc1)c1cccc(NC(=O)c2cccc(Cl)c2)c1. The number of carbonyl (C=O) groups excluding carboxylic acids is 2. The summed E-state index contributed by atoms with van der Waals surface area (Å²) < 4.78 is 0. The number of amides is 2. The molecule has 0 aliphatic carbocycles. The normalized spacial score (nSPS) is 10.6. The Morgan fingerprint density at radius 2 is 1.74 bits per heavy atom. The van der Waals surface area contributed by atoms with Crippen LogP contribution in [-0.2, 0) is 0 Å². The van der Waals surface area contributed by atoms with Gasteiger partial charge in [0.2, 0.25) is 0 Å². The van der Waals surface area contributed by atoms with Crippen LogP contribution in [0, 0.1) is 0 Å². The Morgan fingerprint density at radius 1 is 0.963 bits per heavy atom. The molecule has 0 atom stereocenters. The van der Waals surface area contributed by atoms with Crippen molar-refractivity contribution < 1.29 is 9.59 Å². The van der Waals surface area contributed by atoms with Crippen LogP contribution >= 0.6 is 11.6 Å². The molecule has 27 heavy (non-hydrogen) atoms. The molecular weight excluding hydrogens is 364 g/mol. The summed E-state index contributed by atoms with van der Waals surface area (Å²) in [4.78, 5) is 28.5. The van der Waals surface area contributed by atoms with Crippen molar-refractivity contribution in [3.05, 3.63) is 94.8 Å². The Morgan fingerprint density at radius 3 is 2.48 bits per heavy atom. The lowest BCUT2D eigenvalue weighted by molar-refractivity contribution is 0.0953. The molecule has 3 rings (SSSR count). The molecule has 2 N–H and O–H groups in total. The third-order valence-electron chi connectivity index (χ3n) is 3.53. The van der Waals surface area contributed by atoms with Gasteiger partial charge in [-0.2, -0.15) is 5.10 Å². The molecule has 0 fully saturated rings. The highest BCUT2D eigenvalue weighted by Gasteiger charge is 2.09. The second-order valence-electron chi connectivity index (χ2n) is 5.53. The van der Waals surface area contributed by atoms with Gasteiger partial charge < -0.3 is 5.32 Å². The van der Waals surface area contributed by atoms with Gasteiger partial charge in [-0.25, -0.2) is 5.43 Å². The third-order valence-corrected chi connectivity index (χ3v) is 3.77. The molecule has 0 aliphatic rings.